The van der Waals surface area contributed by atoms with E-state index in [-0.39, 0.29) is 22.9 Å². The maximum atomic E-state index is 11.1. The molecule has 0 aliphatic rings. The van der Waals surface area contributed by atoms with Crippen LogP contribution in [0, 0.1) is 20.2 Å². The average molecular weight is 352 g/mol. The van der Waals surface area contributed by atoms with Gasteiger partial charge in [-0.15, -0.1) is 0 Å². The molecule has 3 aromatic carbocycles. The minimum atomic E-state index is -0.539. The van der Waals surface area contributed by atoms with Gasteiger partial charge in [-0.1, -0.05) is 30.3 Å². The quantitative estimate of drug-likeness (QED) is 0.452. The summed E-state index contributed by atoms with van der Waals surface area (Å²) in [6.45, 7) is 0. The smallest absolute Gasteiger partial charge is 0.311 e. The third-order valence-corrected chi connectivity index (χ3v) is 3.39. The Labute approximate surface area is 147 Å². The minimum absolute atomic E-state index is 0.0836. The van der Waals surface area contributed by atoms with Crippen molar-refractivity contribution in [1.29, 1.82) is 0 Å². The summed E-state index contributed by atoms with van der Waals surface area (Å²) in [6, 6.07) is 18.3. The molecule has 0 aliphatic heterocycles. The molecule has 0 spiro atoms. The van der Waals surface area contributed by atoms with Crippen LogP contribution in [0.15, 0.2) is 72.8 Å². The Morgan fingerprint density at radius 2 is 1.04 bits per heavy atom. The van der Waals surface area contributed by atoms with Gasteiger partial charge >= 0.3 is 11.4 Å². The summed E-state index contributed by atoms with van der Waals surface area (Å²) < 4.78 is 11.1. The van der Waals surface area contributed by atoms with Crippen molar-refractivity contribution in [2.45, 2.75) is 0 Å². The van der Waals surface area contributed by atoms with Crippen molar-refractivity contribution in [3.8, 4) is 23.0 Å². The summed E-state index contributed by atoms with van der Waals surface area (Å²) in [5.41, 5.74) is -0.338. The number of hydrogen-bond acceptors (Lipinski definition) is 6. The third-order valence-electron chi connectivity index (χ3n) is 3.39. The highest BCUT2D eigenvalue weighted by Crippen LogP contribution is 2.35. The van der Waals surface area contributed by atoms with Gasteiger partial charge in [0.15, 0.2) is 0 Å². The average Bonchev–Trinajstić information content (AvgIpc) is 2.62. The lowest BCUT2D eigenvalue weighted by Crippen LogP contribution is -1.94. The maximum absolute atomic E-state index is 11.1. The molecule has 0 saturated heterocycles. The molecular weight excluding hydrogens is 340 g/mol. The van der Waals surface area contributed by atoms with Gasteiger partial charge in [-0.25, -0.2) is 0 Å². The molecule has 0 bridgehead atoms. The van der Waals surface area contributed by atoms with E-state index in [4.69, 9.17) is 9.47 Å². The van der Waals surface area contributed by atoms with Crippen LogP contribution in [0.1, 0.15) is 0 Å². The number of benzene rings is 3. The van der Waals surface area contributed by atoms with Gasteiger partial charge in [0, 0.05) is 18.2 Å². The van der Waals surface area contributed by atoms with E-state index in [9.17, 15) is 20.2 Å². The monoisotopic (exact) mass is 352 g/mol. The second-order valence-electron chi connectivity index (χ2n) is 5.13. The first-order valence-corrected chi connectivity index (χ1v) is 7.47. The van der Waals surface area contributed by atoms with Crippen molar-refractivity contribution < 1.29 is 19.3 Å². The van der Waals surface area contributed by atoms with Crippen LogP contribution in [0.4, 0.5) is 11.4 Å². The predicted octanol–water partition coefficient (Wildman–Crippen LogP) is 5.09. The molecule has 0 amide bonds. The largest absolute Gasteiger partial charge is 0.450 e. The van der Waals surface area contributed by atoms with Gasteiger partial charge < -0.3 is 9.47 Å². The van der Waals surface area contributed by atoms with E-state index in [2.05, 4.69) is 0 Å². The second-order valence-corrected chi connectivity index (χ2v) is 5.13. The third kappa shape index (κ3) is 3.75. The van der Waals surface area contributed by atoms with E-state index in [1.165, 1.54) is 30.3 Å². The molecule has 0 saturated carbocycles. The van der Waals surface area contributed by atoms with Crippen LogP contribution in [-0.4, -0.2) is 9.85 Å². The lowest BCUT2D eigenvalue weighted by Gasteiger charge is -2.09. The molecule has 0 N–H and O–H groups in total. The number of nitrogens with zero attached hydrogens (tertiary/aromatic N) is 2. The number of para-hydroxylation sites is 4. The molecule has 0 atom stereocenters. The molecule has 0 radical (unpaired) electrons. The van der Waals surface area contributed by atoms with Gasteiger partial charge in [0.1, 0.15) is 11.5 Å². The number of ether oxygens (including phenoxy) is 2. The lowest BCUT2D eigenvalue weighted by molar-refractivity contribution is -0.385. The van der Waals surface area contributed by atoms with Crippen LogP contribution < -0.4 is 9.47 Å². The van der Waals surface area contributed by atoms with Gasteiger partial charge in [-0.3, -0.25) is 20.2 Å². The Morgan fingerprint density at radius 3 is 1.46 bits per heavy atom. The lowest BCUT2D eigenvalue weighted by atomic mass is 10.2. The van der Waals surface area contributed by atoms with E-state index in [1.807, 2.05) is 0 Å². The van der Waals surface area contributed by atoms with Gasteiger partial charge in [0.25, 0.3) is 0 Å². The van der Waals surface area contributed by atoms with E-state index in [0.717, 1.165) is 0 Å². The highest BCUT2D eigenvalue weighted by molar-refractivity contribution is 5.51. The summed E-state index contributed by atoms with van der Waals surface area (Å²) in [4.78, 5) is 21.0. The van der Waals surface area contributed by atoms with Crippen LogP contribution in [0.2, 0.25) is 0 Å². The fraction of sp³-hybridized carbons (Fsp3) is 0. The van der Waals surface area contributed by atoms with Gasteiger partial charge in [0.05, 0.1) is 9.85 Å². The van der Waals surface area contributed by atoms with Crippen molar-refractivity contribution in [1.82, 2.24) is 0 Å². The highest BCUT2D eigenvalue weighted by Gasteiger charge is 2.16. The summed E-state index contributed by atoms with van der Waals surface area (Å²) in [6.07, 6.45) is 0. The maximum Gasteiger partial charge on any atom is 0.311 e. The molecule has 0 aromatic heterocycles. The molecular formula is C18H12N2O6. The Balaban J connectivity index is 1.86. The van der Waals surface area contributed by atoms with Gasteiger partial charge in [0.2, 0.25) is 11.5 Å². The first-order valence-electron chi connectivity index (χ1n) is 7.47. The normalized spacial score (nSPS) is 10.2. The number of rotatable bonds is 6. The van der Waals surface area contributed by atoms with E-state index in [0.29, 0.717) is 11.5 Å². The van der Waals surface area contributed by atoms with Crippen LogP contribution in [0.3, 0.4) is 0 Å². The SMILES string of the molecule is O=[N+]([O-])c1ccccc1Oc1cccc(Oc2ccccc2[N+](=O)[O-])c1. The van der Waals surface area contributed by atoms with Crippen molar-refractivity contribution in [2.75, 3.05) is 0 Å². The fourth-order valence-electron chi connectivity index (χ4n) is 2.24. The molecule has 3 rings (SSSR count). The van der Waals surface area contributed by atoms with Crippen LogP contribution in [0.25, 0.3) is 0 Å². The van der Waals surface area contributed by atoms with E-state index in [1.54, 1.807) is 42.5 Å². The summed E-state index contributed by atoms with van der Waals surface area (Å²) >= 11 is 0. The Bertz CT molecular complexity index is 898. The Morgan fingerprint density at radius 1 is 0.615 bits per heavy atom. The Hall–Kier alpha value is -3.94. The van der Waals surface area contributed by atoms with Crippen molar-refractivity contribution in [3.63, 3.8) is 0 Å². The van der Waals surface area contributed by atoms with Crippen LogP contribution >= 0.6 is 0 Å². The summed E-state index contributed by atoms with van der Waals surface area (Å²) in [5.74, 6) is 0.770. The van der Waals surface area contributed by atoms with Crippen molar-refractivity contribution in [2.24, 2.45) is 0 Å². The molecule has 26 heavy (non-hydrogen) atoms. The second kappa shape index (κ2) is 7.31. The van der Waals surface area contributed by atoms with E-state index < -0.39 is 9.85 Å². The topological polar surface area (TPSA) is 105 Å². The van der Waals surface area contributed by atoms with Crippen molar-refractivity contribution >= 4 is 11.4 Å². The van der Waals surface area contributed by atoms with Crippen LogP contribution in [-0.2, 0) is 0 Å². The molecule has 0 heterocycles. The fourth-order valence-corrected chi connectivity index (χ4v) is 2.24. The van der Waals surface area contributed by atoms with Crippen LogP contribution in [0.5, 0.6) is 23.0 Å². The molecule has 130 valence electrons. The molecule has 3 aromatic rings. The zero-order valence-electron chi connectivity index (χ0n) is 13.3. The number of nitro benzene ring substituents is 2. The minimum Gasteiger partial charge on any atom is -0.450 e. The molecule has 0 fully saturated rings. The molecule has 0 unspecified atom stereocenters. The standard InChI is InChI=1S/C18H12N2O6/c21-19(22)15-8-1-3-10-17(15)25-13-6-5-7-14(12-13)26-18-11-4-2-9-16(18)20(23)24/h1-12H. The molecule has 0 aliphatic carbocycles. The Kier molecular flexibility index (Phi) is 4.75. The number of nitro groups is 2. The van der Waals surface area contributed by atoms with Gasteiger partial charge in [-0.2, -0.15) is 0 Å². The zero-order valence-corrected chi connectivity index (χ0v) is 13.3. The summed E-state index contributed by atoms with van der Waals surface area (Å²) in [5, 5.41) is 22.1. The summed E-state index contributed by atoms with van der Waals surface area (Å²) in [7, 11) is 0. The van der Waals surface area contributed by atoms with Crippen molar-refractivity contribution in [3.05, 3.63) is 93.0 Å². The van der Waals surface area contributed by atoms with E-state index >= 15 is 0 Å². The van der Waals surface area contributed by atoms with Gasteiger partial charge in [-0.05, 0) is 24.3 Å². The predicted molar refractivity (Wildman–Crippen MR) is 92.8 cm³/mol. The highest BCUT2D eigenvalue weighted by atomic mass is 16.6. The molecule has 8 heteroatoms. The molecule has 8 nitrogen and oxygen atoms in total. The number of hydrogen-bond donors (Lipinski definition) is 0. The first kappa shape index (κ1) is 16.9. The first-order chi connectivity index (χ1) is 12.5. The zero-order chi connectivity index (χ0) is 18.5.